The number of hydrogen-bond acceptors (Lipinski definition) is 4. The van der Waals surface area contributed by atoms with E-state index in [0.717, 1.165) is 25.9 Å². The van der Waals surface area contributed by atoms with Crippen LogP contribution in [-0.4, -0.2) is 13.1 Å². The fraction of sp³-hybridized carbons (Fsp3) is 0.857. The average Bonchev–Trinajstić information content (AvgIpc) is 2.39. The summed E-state index contributed by atoms with van der Waals surface area (Å²) >= 11 is 0. The molecule has 0 atom stereocenters. The maximum atomic E-state index is 8.28. The van der Waals surface area contributed by atoms with E-state index in [9.17, 15) is 0 Å². The molecule has 0 amide bonds. The number of hydrogen-bond donors (Lipinski definition) is 2. The van der Waals surface area contributed by atoms with Gasteiger partial charge in [-0.25, -0.2) is 0 Å². The van der Waals surface area contributed by atoms with Crippen molar-refractivity contribution in [3.63, 3.8) is 0 Å². The smallest absolute Gasteiger partial charge is 0.176 e. The third-order valence-electron chi connectivity index (χ3n) is 3.01. The first-order valence-electron chi connectivity index (χ1n) is 7.15. The van der Waals surface area contributed by atoms with Crippen LogP contribution in [0.5, 0.6) is 0 Å². The highest BCUT2D eigenvalue weighted by atomic mass is 14.8. The molecule has 0 unspecified atom stereocenters. The minimum atomic E-state index is 0.827. The fourth-order valence-electron chi connectivity index (χ4n) is 1.95. The van der Waals surface area contributed by atoms with Crippen LogP contribution in [0.4, 0.5) is 0 Å². The topological polar surface area (TPSA) is 71.6 Å². The van der Waals surface area contributed by atoms with Crippen LogP contribution < -0.4 is 10.6 Å². The molecule has 18 heavy (non-hydrogen) atoms. The Balaban J connectivity index is 2.91. The van der Waals surface area contributed by atoms with Crippen LogP contribution in [0.25, 0.3) is 0 Å². The summed E-state index contributed by atoms with van der Waals surface area (Å²) < 4.78 is 0. The summed E-state index contributed by atoms with van der Waals surface area (Å²) in [5.41, 5.74) is 0. The zero-order chi connectivity index (χ0) is 13.3. The van der Waals surface area contributed by atoms with E-state index in [4.69, 9.17) is 10.5 Å². The lowest BCUT2D eigenvalue weighted by Gasteiger charge is -2.02. The Morgan fingerprint density at radius 3 is 1.06 bits per heavy atom. The summed E-state index contributed by atoms with van der Waals surface area (Å²) in [6.07, 6.45) is 16.5. The Morgan fingerprint density at radius 2 is 0.778 bits per heavy atom. The van der Waals surface area contributed by atoms with Gasteiger partial charge < -0.3 is 10.6 Å². The van der Waals surface area contributed by atoms with Crippen molar-refractivity contribution in [1.82, 2.24) is 10.6 Å². The minimum Gasteiger partial charge on any atom is -0.324 e. The number of nitrogens with one attached hydrogen (secondary N) is 2. The molecule has 0 heterocycles. The molecule has 0 aliphatic carbocycles. The van der Waals surface area contributed by atoms with E-state index in [2.05, 4.69) is 10.6 Å². The van der Waals surface area contributed by atoms with Crippen LogP contribution in [0, 0.1) is 22.9 Å². The van der Waals surface area contributed by atoms with Crippen molar-refractivity contribution in [1.29, 1.82) is 10.5 Å². The Kier molecular flexibility index (Phi) is 14.4. The largest absolute Gasteiger partial charge is 0.324 e. The van der Waals surface area contributed by atoms with Gasteiger partial charge in [0.15, 0.2) is 12.4 Å². The lowest BCUT2D eigenvalue weighted by Crippen LogP contribution is -2.06. The van der Waals surface area contributed by atoms with Gasteiger partial charge in [0.05, 0.1) is 0 Å². The van der Waals surface area contributed by atoms with E-state index in [1.165, 1.54) is 51.4 Å². The van der Waals surface area contributed by atoms with Crippen molar-refractivity contribution in [2.24, 2.45) is 0 Å². The predicted molar refractivity (Wildman–Crippen MR) is 73.4 cm³/mol. The Labute approximate surface area is 111 Å². The molecule has 0 rings (SSSR count). The van der Waals surface area contributed by atoms with Crippen LogP contribution in [0.3, 0.4) is 0 Å². The molecule has 102 valence electrons. The lowest BCUT2D eigenvalue weighted by atomic mass is 10.1. The molecule has 0 bridgehead atoms. The average molecular weight is 250 g/mol. The molecule has 0 aliphatic heterocycles. The number of unbranched alkanes of at least 4 members (excludes halogenated alkanes) is 9. The predicted octanol–water partition coefficient (Wildman–Crippen LogP) is 3.03. The molecule has 0 saturated carbocycles. The number of rotatable bonds is 13. The van der Waals surface area contributed by atoms with Crippen molar-refractivity contribution in [3.8, 4) is 12.4 Å². The molecule has 0 radical (unpaired) electrons. The maximum Gasteiger partial charge on any atom is 0.176 e. The lowest BCUT2D eigenvalue weighted by molar-refractivity contribution is 0.547. The van der Waals surface area contributed by atoms with Crippen LogP contribution >= 0.6 is 0 Å². The summed E-state index contributed by atoms with van der Waals surface area (Å²) in [5.74, 6) is 0. The molecule has 0 aliphatic rings. The van der Waals surface area contributed by atoms with Gasteiger partial charge in [-0.15, -0.1) is 0 Å². The van der Waals surface area contributed by atoms with Gasteiger partial charge in [0, 0.05) is 13.1 Å². The Hall–Kier alpha value is -1.42. The zero-order valence-electron chi connectivity index (χ0n) is 11.4. The molecular formula is C14H26N4. The minimum absolute atomic E-state index is 0.827. The summed E-state index contributed by atoms with van der Waals surface area (Å²) in [6, 6.07) is 0. The van der Waals surface area contributed by atoms with E-state index in [0.29, 0.717) is 0 Å². The first kappa shape index (κ1) is 16.6. The molecule has 0 aromatic rings. The highest BCUT2D eigenvalue weighted by molar-refractivity contribution is 4.64. The van der Waals surface area contributed by atoms with E-state index in [-0.39, 0.29) is 0 Å². The van der Waals surface area contributed by atoms with Crippen LogP contribution in [0.15, 0.2) is 0 Å². The summed E-state index contributed by atoms with van der Waals surface area (Å²) in [7, 11) is 0. The van der Waals surface area contributed by atoms with Gasteiger partial charge >= 0.3 is 0 Å². The second-order valence-corrected chi connectivity index (χ2v) is 4.61. The zero-order valence-corrected chi connectivity index (χ0v) is 11.4. The molecule has 4 nitrogen and oxygen atoms in total. The van der Waals surface area contributed by atoms with Gasteiger partial charge in [0.2, 0.25) is 0 Å². The van der Waals surface area contributed by atoms with Gasteiger partial charge in [0.1, 0.15) is 0 Å². The molecule has 0 fully saturated rings. The highest BCUT2D eigenvalue weighted by Gasteiger charge is 1.93. The fourth-order valence-corrected chi connectivity index (χ4v) is 1.95. The molecule has 2 N–H and O–H groups in total. The van der Waals surface area contributed by atoms with Gasteiger partial charge in [-0.05, 0) is 12.8 Å². The van der Waals surface area contributed by atoms with Gasteiger partial charge in [-0.3, -0.25) is 0 Å². The molecular weight excluding hydrogens is 224 g/mol. The normalized spacial score (nSPS) is 9.44. The highest BCUT2D eigenvalue weighted by Crippen LogP contribution is 2.10. The third kappa shape index (κ3) is 14.6. The first-order valence-corrected chi connectivity index (χ1v) is 7.15. The van der Waals surface area contributed by atoms with Crippen LogP contribution in [0.1, 0.15) is 64.2 Å². The number of nitrogens with zero attached hydrogens (tertiary/aromatic N) is 2. The summed E-state index contributed by atoms with van der Waals surface area (Å²) in [6.45, 7) is 1.65. The van der Waals surface area contributed by atoms with E-state index >= 15 is 0 Å². The molecule has 0 spiro atoms. The van der Waals surface area contributed by atoms with Crippen LogP contribution in [-0.2, 0) is 0 Å². The Morgan fingerprint density at radius 1 is 0.500 bits per heavy atom. The molecule has 0 saturated heterocycles. The maximum absolute atomic E-state index is 8.28. The van der Waals surface area contributed by atoms with Gasteiger partial charge in [-0.1, -0.05) is 51.4 Å². The van der Waals surface area contributed by atoms with Gasteiger partial charge in [-0.2, -0.15) is 10.5 Å². The second-order valence-electron chi connectivity index (χ2n) is 4.61. The second kappa shape index (κ2) is 15.6. The summed E-state index contributed by atoms with van der Waals surface area (Å²) in [4.78, 5) is 0. The van der Waals surface area contributed by atoms with Crippen molar-refractivity contribution in [3.05, 3.63) is 0 Å². The molecule has 4 heteroatoms. The monoisotopic (exact) mass is 250 g/mol. The first-order chi connectivity index (χ1) is 8.91. The quantitative estimate of drug-likeness (QED) is 0.299. The van der Waals surface area contributed by atoms with E-state index in [1.807, 2.05) is 12.4 Å². The molecule has 0 aromatic carbocycles. The van der Waals surface area contributed by atoms with E-state index in [1.54, 1.807) is 0 Å². The van der Waals surface area contributed by atoms with Crippen molar-refractivity contribution in [2.45, 2.75) is 64.2 Å². The SMILES string of the molecule is N#CNCCCCCCCCCCCCNC#N. The summed E-state index contributed by atoms with van der Waals surface area (Å²) in [5, 5.41) is 21.9. The molecule has 0 aromatic heterocycles. The van der Waals surface area contributed by atoms with Crippen LogP contribution in [0.2, 0.25) is 0 Å². The van der Waals surface area contributed by atoms with Gasteiger partial charge in [0.25, 0.3) is 0 Å². The standard InChI is InChI=1S/C14H26N4/c15-13-17-11-9-7-5-3-1-2-4-6-8-10-12-18-14-16/h17-18H,1-12H2. The number of nitriles is 2. The van der Waals surface area contributed by atoms with Crippen molar-refractivity contribution < 1.29 is 0 Å². The van der Waals surface area contributed by atoms with Crippen molar-refractivity contribution in [2.75, 3.05) is 13.1 Å². The van der Waals surface area contributed by atoms with E-state index < -0.39 is 0 Å². The van der Waals surface area contributed by atoms with Crippen molar-refractivity contribution >= 4 is 0 Å². The Bertz CT molecular complexity index is 213. The third-order valence-corrected chi connectivity index (χ3v) is 3.01.